The third kappa shape index (κ3) is 3.73. The number of urea groups is 1. The molecular weight excluding hydrogens is 246 g/mol. The van der Waals surface area contributed by atoms with Crippen LogP contribution in [-0.4, -0.2) is 27.1 Å². The summed E-state index contributed by atoms with van der Waals surface area (Å²) in [5, 5.41) is 13.1. The second-order valence-electron chi connectivity index (χ2n) is 4.71. The highest BCUT2D eigenvalue weighted by Crippen LogP contribution is 2.27. The Morgan fingerprint density at radius 3 is 2.41 bits per heavy atom. The van der Waals surface area contributed by atoms with Crippen LogP contribution in [0.3, 0.4) is 0 Å². The number of amides is 2. The first-order chi connectivity index (χ1) is 7.86. The van der Waals surface area contributed by atoms with E-state index in [4.69, 9.17) is 11.6 Å². The Morgan fingerprint density at radius 2 is 2.00 bits per heavy atom. The minimum absolute atomic E-state index is 0.352. The Kier molecular flexibility index (Phi) is 4.56. The molecule has 0 saturated heterocycles. The highest BCUT2D eigenvalue weighted by atomic mass is 35.5. The second kappa shape index (κ2) is 5.53. The predicted octanol–water partition coefficient (Wildman–Crippen LogP) is 2.50. The van der Waals surface area contributed by atoms with Gasteiger partial charge in [-0.1, -0.05) is 30.9 Å². The van der Waals surface area contributed by atoms with Crippen molar-refractivity contribution in [3.05, 3.63) is 10.1 Å². The van der Waals surface area contributed by atoms with E-state index < -0.39 is 16.6 Å². The standard InChI is InChI=1S/C10H18ClN3O3/c1-8(11)13(14(16)17)9(15)12-10(2)6-4-3-5-7-10/h8H,3-7H2,1-2H3,(H,12,15). The zero-order valence-electron chi connectivity index (χ0n) is 10.1. The van der Waals surface area contributed by atoms with Crippen LogP contribution in [0.1, 0.15) is 46.0 Å². The number of nitrogens with zero attached hydrogens (tertiary/aromatic N) is 2. The van der Waals surface area contributed by atoms with E-state index in [2.05, 4.69) is 5.32 Å². The summed E-state index contributed by atoms with van der Waals surface area (Å²) < 4.78 is 0. The van der Waals surface area contributed by atoms with Crippen LogP contribution >= 0.6 is 11.6 Å². The normalized spacial score (nSPS) is 20.4. The summed E-state index contributed by atoms with van der Waals surface area (Å²) in [6.45, 7) is 3.31. The van der Waals surface area contributed by atoms with Crippen molar-refractivity contribution in [2.24, 2.45) is 0 Å². The van der Waals surface area contributed by atoms with Crippen LogP contribution in [0.5, 0.6) is 0 Å². The van der Waals surface area contributed by atoms with E-state index in [1.165, 1.54) is 6.92 Å². The lowest BCUT2D eigenvalue weighted by molar-refractivity contribution is -0.635. The van der Waals surface area contributed by atoms with Gasteiger partial charge in [0.25, 0.3) is 0 Å². The molecule has 0 heterocycles. The van der Waals surface area contributed by atoms with Crippen LogP contribution in [0.2, 0.25) is 0 Å². The van der Waals surface area contributed by atoms with Crippen molar-refractivity contribution in [3.63, 3.8) is 0 Å². The van der Waals surface area contributed by atoms with Gasteiger partial charge in [0.05, 0.1) is 0 Å². The van der Waals surface area contributed by atoms with E-state index in [0.29, 0.717) is 5.01 Å². The maximum Gasteiger partial charge on any atom is 0.377 e. The number of hydrogen-bond acceptors (Lipinski definition) is 3. The van der Waals surface area contributed by atoms with Crippen molar-refractivity contribution in [1.29, 1.82) is 0 Å². The number of nitro groups is 1. The third-order valence-corrected chi connectivity index (χ3v) is 3.27. The summed E-state index contributed by atoms with van der Waals surface area (Å²) in [6, 6.07) is -0.734. The summed E-state index contributed by atoms with van der Waals surface area (Å²) in [6.07, 6.45) is 4.91. The van der Waals surface area contributed by atoms with Crippen molar-refractivity contribution in [1.82, 2.24) is 10.3 Å². The van der Waals surface area contributed by atoms with E-state index in [0.717, 1.165) is 32.1 Å². The molecule has 0 aliphatic heterocycles. The largest absolute Gasteiger partial charge is 0.377 e. The number of alkyl halides is 1. The van der Waals surface area contributed by atoms with Crippen molar-refractivity contribution in [2.75, 3.05) is 0 Å². The van der Waals surface area contributed by atoms with Crippen molar-refractivity contribution in [3.8, 4) is 0 Å². The van der Waals surface area contributed by atoms with Gasteiger partial charge >= 0.3 is 6.03 Å². The summed E-state index contributed by atoms with van der Waals surface area (Å²) >= 11 is 5.62. The molecule has 6 nitrogen and oxygen atoms in total. The van der Waals surface area contributed by atoms with Gasteiger partial charge in [-0.25, -0.2) is 14.9 Å². The van der Waals surface area contributed by atoms with Crippen LogP contribution in [0.25, 0.3) is 0 Å². The summed E-state index contributed by atoms with van der Waals surface area (Å²) in [5.74, 6) is 0. The van der Waals surface area contributed by atoms with Gasteiger partial charge in [-0.15, -0.1) is 0 Å². The molecule has 1 atom stereocenters. The first-order valence-corrected chi connectivity index (χ1v) is 6.19. The fourth-order valence-corrected chi connectivity index (χ4v) is 2.30. The lowest BCUT2D eigenvalue weighted by atomic mass is 9.83. The van der Waals surface area contributed by atoms with Gasteiger partial charge in [-0.05, 0) is 31.7 Å². The van der Waals surface area contributed by atoms with Gasteiger partial charge < -0.3 is 5.32 Å². The topological polar surface area (TPSA) is 75.5 Å². The Morgan fingerprint density at radius 1 is 1.47 bits per heavy atom. The smallest absolute Gasteiger partial charge is 0.328 e. The molecule has 1 N–H and O–H groups in total. The Bertz CT molecular complexity index is 303. The maximum absolute atomic E-state index is 11.8. The lowest BCUT2D eigenvalue weighted by Crippen LogP contribution is -2.55. The molecule has 0 spiro atoms. The average molecular weight is 264 g/mol. The number of rotatable bonds is 3. The van der Waals surface area contributed by atoms with Gasteiger partial charge in [0, 0.05) is 5.54 Å². The average Bonchev–Trinajstić information content (AvgIpc) is 2.15. The van der Waals surface area contributed by atoms with Crippen molar-refractivity contribution >= 4 is 17.6 Å². The van der Waals surface area contributed by atoms with E-state index in [1.807, 2.05) is 6.92 Å². The highest BCUT2D eigenvalue weighted by Gasteiger charge is 2.35. The van der Waals surface area contributed by atoms with Gasteiger partial charge in [0.1, 0.15) is 0 Å². The molecule has 1 aliphatic carbocycles. The molecule has 17 heavy (non-hydrogen) atoms. The molecule has 1 unspecified atom stereocenters. The van der Waals surface area contributed by atoms with Crippen LogP contribution < -0.4 is 5.32 Å². The highest BCUT2D eigenvalue weighted by molar-refractivity contribution is 6.20. The third-order valence-electron chi connectivity index (χ3n) is 3.09. The molecule has 2 amide bonds. The number of nitrogens with one attached hydrogen (secondary N) is 1. The minimum Gasteiger partial charge on any atom is -0.328 e. The molecule has 0 aromatic heterocycles. The summed E-state index contributed by atoms with van der Waals surface area (Å²) in [4.78, 5) is 22.5. The molecule has 0 aromatic carbocycles. The number of carbonyl (C=O) groups is 1. The molecule has 1 rings (SSSR count). The number of hydrogen-bond donors (Lipinski definition) is 1. The van der Waals surface area contributed by atoms with E-state index >= 15 is 0 Å². The van der Waals surface area contributed by atoms with Crippen LogP contribution in [-0.2, 0) is 0 Å². The quantitative estimate of drug-likeness (QED) is 0.368. The monoisotopic (exact) mass is 263 g/mol. The van der Waals surface area contributed by atoms with Gasteiger partial charge in [0.15, 0.2) is 10.5 Å². The fourth-order valence-electron chi connectivity index (χ4n) is 2.14. The first-order valence-electron chi connectivity index (χ1n) is 5.75. The first kappa shape index (κ1) is 14.0. The Hall–Kier alpha value is -1.04. The molecule has 0 aromatic rings. The lowest BCUT2D eigenvalue weighted by Gasteiger charge is -2.34. The summed E-state index contributed by atoms with van der Waals surface area (Å²) in [5.41, 5.74) is -1.33. The minimum atomic E-state index is -0.975. The SMILES string of the molecule is CC(Cl)N(C(=O)NC1(C)CCCCC1)[N+](=O)[O-]. The maximum atomic E-state index is 11.8. The van der Waals surface area contributed by atoms with E-state index in [-0.39, 0.29) is 5.54 Å². The Labute approximate surface area is 105 Å². The Balaban J connectivity index is 2.66. The predicted molar refractivity (Wildman–Crippen MR) is 64.2 cm³/mol. The van der Waals surface area contributed by atoms with E-state index in [1.54, 1.807) is 0 Å². The van der Waals surface area contributed by atoms with Gasteiger partial charge in [-0.3, -0.25) is 0 Å². The number of hydrazine groups is 1. The van der Waals surface area contributed by atoms with Crippen molar-refractivity contribution < 1.29 is 9.83 Å². The zero-order valence-corrected chi connectivity index (χ0v) is 10.9. The van der Waals surface area contributed by atoms with Gasteiger partial charge in [0.2, 0.25) is 0 Å². The molecule has 98 valence electrons. The van der Waals surface area contributed by atoms with Gasteiger partial charge in [-0.2, -0.15) is 0 Å². The zero-order chi connectivity index (χ0) is 13.1. The molecule has 1 saturated carbocycles. The molecular formula is C10H18ClN3O3. The molecule has 1 aliphatic rings. The number of carbonyl (C=O) groups excluding carboxylic acids is 1. The molecule has 0 bridgehead atoms. The molecule has 1 fully saturated rings. The van der Waals surface area contributed by atoms with E-state index in [9.17, 15) is 14.9 Å². The number of halogens is 1. The molecule has 0 radical (unpaired) electrons. The van der Waals surface area contributed by atoms with Crippen LogP contribution in [0.15, 0.2) is 0 Å². The van der Waals surface area contributed by atoms with Crippen molar-refractivity contribution in [2.45, 2.75) is 57.0 Å². The van der Waals surface area contributed by atoms with Crippen LogP contribution in [0, 0.1) is 10.1 Å². The summed E-state index contributed by atoms with van der Waals surface area (Å²) in [7, 11) is 0. The van der Waals surface area contributed by atoms with Crippen LogP contribution in [0.4, 0.5) is 4.79 Å². The second-order valence-corrected chi connectivity index (χ2v) is 5.34. The molecule has 7 heteroatoms. The fraction of sp³-hybridized carbons (Fsp3) is 0.900.